The van der Waals surface area contributed by atoms with Crippen LogP contribution in [0.5, 0.6) is 0 Å². The number of unbranched alkanes of at least 4 members (excludes halogenated alkanes) is 1. The van der Waals surface area contributed by atoms with Crippen LogP contribution in [0, 0.1) is 0 Å². The highest BCUT2D eigenvalue weighted by molar-refractivity contribution is 9.12. The van der Waals surface area contributed by atoms with Gasteiger partial charge in [0.1, 0.15) is 5.82 Å². The molecule has 0 bridgehead atoms. The summed E-state index contributed by atoms with van der Waals surface area (Å²) in [6.07, 6.45) is 8.11. The van der Waals surface area contributed by atoms with Crippen LogP contribution in [0.2, 0.25) is 0 Å². The molecule has 0 rings (SSSR count). The van der Waals surface area contributed by atoms with Gasteiger partial charge >= 0.3 is 0 Å². The summed E-state index contributed by atoms with van der Waals surface area (Å²) in [5, 5.41) is 3.21. The molecule has 3 heteroatoms. The summed E-state index contributed by atoms with van der Waals surface area (Å²) < 4.78 is 0.998. The first-order valence-electron chi connectivity index (χ1n) is 5.04. The Hall–Kier alpha value is -0.570. The van der Waals surface area contributed by atoms with Gasteiger partial charge < -0.3 is 5.32 Å². The van der Waals surface area contributed by atoms with E-state index in [2.05, 4.69) is 46.2 Å². The molecule has 0 saturated heterocycles. The van der Waals surface area contributed by atoms with Crippen LogP contribution in [0.15, 0.2) is 27.4 Å². The Bertz CT molecular complexity index is 229. The maximum Gasteiger partial charge on any atom is 0.121 e. The number of nitrogens with zero attached hydrogens (tertiary/aromatic N) is 1. The first-order valence-corrected chi connectivity index (χ1v) is 5.83. The quantitative estimate of drug-likeness (QED) is 0.724. The van der Waals surface area contributed by atoms with Crippen molar-refractivity contribution in [1.82, 2.24) is 5.32 Å². The molecule has 0 radical (unpaired) electrons. The molecule has 0 fully saturated rings. The van der Waals surface area contributed by atoms with Crippen LogP contribution in [0.4, 0.5) is 0 Å². The van der Waals surface area contributed by atoms with Crippen molar-refractivity contribution in [2.45, 2.75) is 33.6 Å². The number of halogens is 1. The molecule has 0 unspecified atom stereocenters. The molecule has 0 aliphatic heterocycles. The molecule has 2 nitrogen and oxygen atoms in total. The van der Waals surface area contributed by atoms with E-state index in [1.807, 2.05) is 19.2 Å². The van der Waals surface area contributed by atoms with Crippen LogP contribution in [-0.2, 0) is 0 Å². The molecular formula is C11H19BrN2. The Morgan fingerprint density at radius 1 is 1.43 bits per heavy atom. The van der Waals surface area contributed by atoms with Crippen molar-refractivity contribution in [3.8, 4) is 0 Å². The first-order chi connectivity index (χ1) is 6.74. The molecule has 0 amide bonds. The monoisotopic (exact) mass is 258 g/mol. The minimum atomic E-state index is 0.903. The number of hydrogen-bond acceptors (Lipinski definition) is 2. The zero-order valence-electron chi connectivity index (χ0n) is 9.18. The highest BCUT2D eigenvalue weighted by Crippen LogP contribution is 2.03. The molecule has 0 aromatic carbocycles. The second-order valence-electron chi connectivity index (χ2n) is 2.84. The second kappa shape index (κ2) is 9.00. The van der Waals surface area contributed by atoms with Crippen LogP contribution >= 0.6 is 15.9 Å². The summed E-state index contributed by atoms with van der Waals surface area (Å²) in [5.41, 5.74) is 0. The van der Waals surface area contributed by atoms with Gasteiger partial charge in [0, 0.05) is 17.2 Å². The molecule has 0 aliphatic carbocycles. The number of aliphatic imine (C=N–C) groups is 1. The molecule has 80 valence electrons. The lowest BCUT2D eigenvalue weighted by Gasteiger charge is -2.02. The van der Waals surface area contributed by atoms with Crippen molar-refractivity contribution in [1.29, 1.82) is 0 Å². The molecule has 0 heterocycles. The molecule has 0 saturated carbocycles. The SMILES string of the molecule is C\C=C(Br)/C=N\C(=C\CCC)NCC. The van der Waals surface area contributed by atoms with Gasteiger partial charge in [-0.05, 0) is 42.3 Å². The molecule has 0 aliphatic rings. The van der Waals surface area contributed by atoms with E-state index >= 15 is 0 Å². The summed E-state index contributed by atoms with van der Waals surface area (Å²) in [6.45, 7) is 7.10. The average Bonchev–Trinajstić information content (AvgIpc) is 2.21. The minimum Gasteiger partial charge on any atom is -0.371 e. The molecule has 0 aromatic rings. The summed E-state index contributed by atoms with van der Waals surface area (Å²) in [7, 11) is 0. The molecule has 0 aromatic heterocycles. The van der Waals surface area contributed by atoms with Crippen LogP contribution < -0.4 is 5.32 Å². The minimum absolute atomic E-state index is 0.903. The average molecular weight is 259 g/mol. The van der Waals surface area contributed by atoms with Crippen molar-refractivity contribution in [2.75, 3.05) is 6.54 Å². The number of nitrogens with one attached hydrogen (secondary N) is 1. The smallest absolute Gasteiger partial charge is 0.121 e. The standard InChI is InChI=1S/C11H19BrN2/c1-4-7-8-11(13-6-3)14-9-10(12)5-2/h5,8-9,13H,4,6-7H2,1-3H3/b10-5+,11-8+,14-9-. The van der Waals surface area contributed by atoms with Crippen LogP contribution in [0.1, 0.15) is 33.6 Å². The van der Waals surface area contributed by atoms with Crippen molar-refractivity contribution < 1.29 is 0 Å². The lowest BCUT2D eigenvalue weighted by molar-refractivity contribution is 0.821. The third-order valence-electron chi connectivity index (χ3n) is 1.59. The van der Waals surface area contributed by atoms with Gasteiger partial charge in [-0.2, -0.15) is 0 Å². The van der Waals surface area contributed by atoms with E-state index in [1.54, 1.807) is 0 Å². The lowest BCUT2D eigenvalue weighted by atomic mass is 10.3. The fraction of sp³-hybridized carbons (Fsp3) is 0.545. The molecule has 1 N–H and O–H groups in total. The molecule has 14 heavy (non-hydrogen) atoms. The van der Waals surface area contributed by atoms with Gasteiger partial charge in [-0.1, -0.05) is 19.4 Å². The largest absolute Gasteiger partial charge is 0.371 e. The van der Waals surface area contributed by atoms with Crippen LogP contribution in [-0.4, -0.2) is 12.8 Å². The maximum atomic E-state index is 4.33. The fourth-order valence-electron chi connectivity index (χ4n) is 0.838. The topological polar surface area (TPSA) is 24.4 Å². The van der Waals surface area contributed by atoms with Gasteiger partial charge in [-0.15, -0.1) is 0 Å². The normalized spacial score (nSPS) is 13.7. The van der Waals surface area contributed by atoms with E-state index in [0.29, 0.717) is 0 Å². The third-order valence-corrected chi connectivity index (χ3v) is 2.25. The van der Waals surface area contributed by atoms with E-state index in [0.717, 1.165) is 29.7 Å². The zero-order chi connectivity index (χ0) is 10.8. The Balaban J connectivity index is 4.28. The van der Waals surface area contributed by atoms with Gasteiger partial charge in [0.15, 0.2) is 0 Å². The first kappa shape index (κ1) is 13.4. The summed E-state index contributed by atoms with van der Waals surface area (Å²) >= 11 is 3.38. The maximum absolute atomic E-state index is 4.33. The van der Waals surface area contributed by atoms with Crippen molar-refractivity contribution in [2.24, 2.45) is 4.99 Å². The Kier molecular flexibility index (Phi) is 8.64. The zero-order valence-corrected chi connectivity index (χ0v) is 10.8. The van der Waals surface area contributed by atoms with Gasteiger partial charge in [0.2, 0.25) is 0 Å². The number of rotatable bonds is 6. The van der Waals surface area contributed by atoms with E-state index in [9.17, 15) is 0 Å². The third kappa shape index (κ3) is 6.89. The Morgan fingerprint density at radius 2 is 2.14 bits per heavy atom. The van der Waals surface area contributed by atoms with Crippen LogP contribution in [0.25, 0.3) is 0 Å². The summed E-state index contributed by atoms with van der Waals surface area (Å²) in [6, 6.07) is 0. The Labute approximate surface area is 95.3 Å². The molecular weight excluding hydrogens is 240 g/mol. The summed E-state index contributed by atoms with van der Waals surface area (Å²) in [5.74, 6) is 0.952. The Morgan fingerprint density at radius 3 is 2.64 bits per heavy atom. The van der Waals surface area contributed by atoms with Gasteiger partial charge in [0.25, 0.3) is 0 Å². The highest BCUT2D eigenvalue weighted by atomic mass is 79.9. The van der Waals surface area contributed by atoms with Gasteiger partial charge in [0.05, 0.1) is 0 Å². The predicted octanol–water partition coefficient (Wildman–Crippen LogP) is 3.61. The second-order valence-corrected chi connectivity index (χ2v) is 3.76. The highest BCUT2D eigenvalue weighted by Gasteiger charge is 1.89. The fourth-order valence-corrected chi connectivity index (χ4v) is 0.941. The number of hydrogen-bond donors (Lipinski definition) is 1. The summed E-state index contributed by atoms with van der Waals surface area (Å²) in [4.78, 5) is 4.33. The van der Waals surface area contributed by atoms with Gasteiger partial charge in [-0.25, -0.2) is 4.99 Å². The predicted molar refractivity (Wildman–Crippen MR) is 67.8 cm³/mol. The lowest BCUT2D eigenvalue weighted by Crippen LogP contribution is -2.10. The number of allylic oxidation sites excluding steroid dienone is 3. The molecule has 0 atom stereocenters. The van der Waals surface area contributed by atoms with E-state index in [1.165, 1.54) is 0 Å². The van der Waals surface area contributed by atoms with E-state index in [-0.39, 0.29) is 0 Å². The van der Waals surface area contributed by atoms with Crippen molar-refractivity contribution in [3.63, 3.8) is 0 Å². The van der Waals surface area contributed by atoms with Crippen LogP contribution in [0.3, 0.4) is 0 Å². The van der Waals surface area contributed by atoms with E-state index < -0.39 is 0 Å². The van der Waals surface area contributed by atoms with Crippen molar-refractivity contribution in [3.05, 3.63) is 22.5 Å². The van der Waals surface area contributed by atoms with E-state index in [4.69, 9.17) is 0 Å². The van der Waals surface area contributed by atoms with Gasteiger partial charge in [-0.3, -0.25) is 0 Å². The molecule has 0 spiro atoms. The van der Waals surface area contributed by atoms with Crippen molar-refractivity contribution >= 4 is 22.1 Å².